The number of rotatable bonds is 16. The molecule has 4 amide bonds. The average Bonchev–Trinajstić information content (AvgIpc) is 3.22. The fourth-order valence-electron chi connectivity index (χ4n) is 8.09. The molecule has 0 saturated carbocycles. The molecule has 0 radical (unpaired) electrons. The van der Waals surface area contributed by atoms with Crippen LogP contribution in [0.5, 0.6) is 0 Å². The number of amides is 4. The summed E-state index contributed by atoms with van der Waals surface area (Å²) in [4.78, 5) is 61.7. The van der Waals surface area contributed by atoms with Gasteiger partial charge in [-0.25, -0.2) is 4.79 Å². The predicted octanol–water partition coefficient (Wildman–Crippen LogP) is -8.27. The van der Waals surface area contributed by atoms with Crippen molar-refractivity contribution in [1.82, 2.24) is 21.3 Å². The van der Waals surface area contributed by atoms with E-state index in [9.17, 15) is 69.9 Å². The zero-order valence-corrected chi connectivity index (χ0v) is 34.8. The van der Waals surface area contributed by atoms with Crippen LogP contribution < -0.4 is 21.3 Å². The monoisotopic (exact) mass is 914 g/mol. The number of carboxylic acid groups (broad SMARTS) is 1. The van der Waals surface area contributed by atoms with Crippen molar-refractivity contribution < 1.29 is 113 Å². The first-order chi connectivity index (χ1) is 29.7. The van der Waals surface area contributed by atoms with Crippen LogP contribution in [0.3, 0.4) is 0 Å². The first-order valence-corrected chi connectivity index (χ1v) is 20.1. The Balaban J connectivity index is 1.44. The van der Waals surface area contributed by atoms with Crippen molar-refractivity contribution in [2.45, 2.75) is 169 Å². The van der Waals surface area contributed by atoms with Crippen LogP contribution in [0.1, 0.15) is 34.6 Å². The van der Waals surface area contributed by atoms with Crippen molar-refractivity contribution in [2.75, 3.05) is 26.4 Å². The molecule has 5 fully saturated rings. The van der Waals surface area contributed by atoms with Gasteiger partial charge in [0.05, 0.1) is 26.4 Å². The fraction of sp³-hybridized carbons (Fsp3) is 0.861. The summed E-state index contributed by atoms with van der Waals surface area (Å²) in [5.41, 5.74) is 0. The van der Waals surface area contributed by atoms with Gasteiger partial charge in [0.15, 0.2) is 31.3 Å². The van der Waals surface area contributed by atoms with Crippen LogP contribution in [0, 0.1) is 0 Å². The SMILES string of the molecule is CC(=O)N[C@@H]1[C@@H](O[C@H](C)C(=O)O)[C@H](O[C@@H]2O[C@H](CO)[C@@H](O[C@@H]3O[C@H](CO)[C@@H](O[C@@H]4O[C@H](CO)[C@@H](O)[C@H](O)[C@H]4NC(C)=O)[C@@H]4O[C@@H](C)C(=O)N[C@@H]34)[C@H](O)[C@H]2NC(C)=O)[C@@H](CO)O[C@@H]1O. The van der Waals surface area contributed by atoms with Crippen LogP contribution in [0.15, 0.2) is 0 Å². The van der Waals surface area contributed by atoms with Gasteiger partial charge in [0.2, 0.25) is 23.6 Å². The van der Waals surface area contributed by atoms with Gasteiger partial charge in [0.1, 0.15) is 104 Å². The summed E-state index contributed by atoms with van der Waals surface area (Å²) in [7, 11) is 0. The lowest BCUT2D eigenvalue weighted by atomic mass is 9.92. The molecule has 0 unspecified atom stereocenters. The second kappa shape index (κ2) is 21.8. The Labute approximate surface area is 359 Å². The maximum atomic E-state index is 13.1. The van der Waals surface area contributed by atoms with E-state index in [0.717, 1.165) is 27.7 Å². The van der Waals surface area contributed by atoms with Crippen LogP contribution in [-0.2, 0) is 66.6 Å². The van der Waals surface area contributed by atoms with Gasteiger partial charge in [-0.3, -0.25) is 19.2 Å². The molecular formula is C36H58N4O23. The molecule has 5 heterocycles. The number of ether oxygens (including phenoxy) is 9. The number of fused-ring (bicyclic) bond motifs is 1. The number of aliphatic carboxylic acids is 1. The third-order valence-corrected chi connectivity index (χ3v) is 11.1. The third kappa shape index (κ3) is 11.4. The largest absolute Gasteiger partial charge is 0.479 e. The van der Waals surface area contributed by atoms with E-state index in [1.807, 2.05) is 0 Å². The van der Waals surface area contributed by atoms with Crippen molar-refractivity contribution in [3.05, 3.63) is 0 Å². The summed E-state index contributed by atoms with van der Waals surface area (Å²) >= 11 is 0. The molecule has 13 N–H and O–H groups in total. The molecule has 27 nitrogen and oxygen atoms in total. The highest BCUT2D eigenvalue weighted by atomic mass is 16.8. The van der Waals surface area contributed by atoms with Crippen molar-refractivity contribution in [1.29, 1.82) is 0 Å². The van der Waals surface area contributed by atoms with E-state index in [1.54, 1.807) is 0 Å². The molecule has 5 aliphatic rings. The van der Waals surface area contributed by atoms with Gasteiger partial charge >= 0.3 is 5.97 Å². The summed E-state index contributed by atoms with van der Waals surface area (Å²) < 4.78 is 53.6. The Bertz CT molecular complexity index is 1600. The molecule has 5 aliphatic heterocycles. The van der Waals surface area contributed by atoms with E-state index >= 15 is 0 Å². The van der Waals surface area contributed by atoms with E-state index in [1.165, 1.54) is 6.92 Å². The molecule has 5 rings (SSSR count). The minimum atomic E-state index is -1.91. The zero-order chi connectivity index (χ0) is 46.6. The quantitative estimate of drug-likeness (QED) is 0.0684. The number of hydrogen-bond acceptors (Lipinski definition) is 22. The summed E-state index contributed by atoms with van der Waals surface area (Å²) in [5.74, 6) is -4.24. The number of nitrogens with one attached hydrogen (secondary N) is 4. The number of hydrogen-bond donors (Lipinski definition) is 13. The Hall–Kier alpha value is -3.33. The van der Waals surface area contributed by atoms with E-state index in [-0.39, 0.29) is 0 Å². The average molecular weight is 915 g/mol. The van der Waals surface area contributed by atoms with Crippen LogP contribution in [0.4, 0.5) is 0 Å². The number of aliphatic hydroxyl groups excluding tert-OH is 8. The molecule has 63 heavy (non-hydrogen) atoms. The zero-order valence-electron chi connectivity index (χ0n) is 34.8. The molecule has 0 aliphatic carbocycles. The van der Waals surface area contributed by atoms with Gasteiger partial charge in [-0.15, -0.1) is 0 Å². The lowest BCUT2D eigenvalue weighted by molar-refractivity contribution is -0.368. The standard InChI is InChI=1S/C36H58N4O23/c1-10-31(51)40-22-30(55-10)28(63-34-19(37-12(3)45)24(49)23(48)15(6-41)58-34)18(9-44)60-36(22)61-26-16(7-42)59-35(20(25(26)50)38-13(4)46)62-27-17(8-43)57-33(54)21(39-14(5)47)29(27)56-11(2)32(52)53/h10-11,15-30,33-36,41-44,48-50,54H,6-9H2,1-5H3,(H,37,45)(H,38,46)(H,39,47)(H,40,51)(H,52,53)/t10-,11+,15+,16+,17+,18+,19+,20+,21+,22+,23+,24+,25+,26+,27+,28+,29+,30+,33-,34-,35-,36-/m0/s1. The maximum absolute atomic E-state index is 13.1. The summed E-state index contributed by atoms with van der Waals surface area (Å²) in [6.07, 6.45) is -28.5. The van der Waals surface area contributed by atoms with Gasteiger partial charge in [-0.1, -0.05) is 0 Å². The predicted molar refractivity (Wildman–Crippen MR) is 199 cm³/mol. The molecule has 0 aromatic heterocycles. The minimum Gasteiger partial charge on any atom is -0.479 e. The molecule has 0 bridgehead atoms. The van der Waals surface area contributed by atoms with Crippen LogP contribution in [-0.4, -0.2) is 237 Å². The number of carboxylic acids is 1. The number of carbonyl (C=O) groups excluding carboxylic acids is 4. The Morgan fingerprint density at radius 1 is 0.619 bits per heavy atom. The van der Waals surface area contributed by atoms with Gasteiger partial charge in [0.25, 0.3) is 0 Å². The number of carbonyl (C=O) groups is 5. The van der Waals surface area contributed by atoms with Gasteiger partial charge in [-0.2, -0.15) is 0 Å². The van der Waals surface area contributed by atoms with Gasteiger partial charge < -0.3 is 110 Å². The normalized spacial score (nSPS) is 43.4. The lowest BCUT2D eigenvalue weighted by Gasteiger charge is -2.53. The molecule has 22 atom stereocenters. The van der Waals surface area contributed by atoms with Crippen LogP contribution in [0.2, 0.25) is 0 Å². The molecule has 0 aromatic carbocycles. The molecular weight excluding hydrogens is 856 g/mol. The van der Waals surface area contributed by atoms with E-state index < -0.39 is 191 Å². The van der Waals surface area contributed by atoms with Gasteiger partial charge in [-0.05, 0) is 13.8 Å². The fourth-order valence-corrected chi connectivity index (χ4v) is 8.09. The second-order valence-electron chi connectivity index (χ2n) is 15.7. The Morgan fingerprint density at radius 3 is 1.62 bits per heavy atom. The molecule has 27 heteroatoms. The number of morpholine rings is 1. The maximum Gasteiger partial charge on any atom is 0.332 e. The van der Waals surface area contributed by atoms with Crippen molar-refractivity contribution in [2.24, 2.45) is 0 Å². The van der Waals surface area contributed by atoms with E-state index in [2.05, 4.69) is 21.3 Å². The highest BCUT2D eigenvalue weighted by Crippen LogP contribution is 2.37. The second-order valence-corrected chi connectivity index (χ2v) is 15.7. The molecule has 5 saturated heterocycles. The van der Waals surface area contributed by atoms with E-state index in [0.29, 0.717) is 0 Å². The minimum absolute atomic E-state index is 0.656. The topological polar surface area (TPSA) is 399 Å². The first-order valence-electron chi connectivity index (χ1n) is 20.1. The molecule has 0 spiro atoms. The highest BCUT2D eigenvalue weighted by Gasteiger charge is 2.58. The molecule has 360 valence electrons. The lowest BCUT2D eigenvalue weighted by Crippen LogP contribution is -2.74. The smallest absolute Gasteiger partial charge is 0.332 e. The summed E-state index contributed by atoms with van der Waals surface area (Å²) in [5, 5.41) is 105. The number of aliphatic hydroxyl groups is 8. The Morgan fingerprint density at radius 2 is 1.08 bits per heavy atom. The van der Waals surface area contributed by atoms with Crippen molar-refractivity contribution in [3.63, 3.8) is 0 Å². The Kier molecular flexibility index (Phi) is 17.5. The summed E-state index contributed by atoms with van der Waals surface area (Å²) in [6, 6.07) is -5.92. The van der Waals surface area contributed by atoms with Crippen LogP contribution >= 0.6 is 0 Å². The van der Waals surface area contributed by atoms with Crippen molar-refractivity contribution in [3.8, 4) is 0 Å². The van der Waals surface area contributed by atoms with E-state index in [4.69, 9.17) is 42.6 Å². The third-order valence-electron chi connectivity index (χ3n) is 11.1. The molecule has 0 aromatic rings. The summed E-state index contributed by atoms with van der Waals surface area (Å²) in [6.45, 7) is 2.42. The first kappa shape index (κ1) is 50.7. The van der Waals surface area contributed by atoms with Gasteiger partial charge in [0, 0.05) is 20.8 Å². The van der Waals surface area contributed by atoms with Crippen molar-refractivity contribution >= 4 is 29.6 Å². The van der Waals surface area contributed by atoms with Crippen LogP contribution in [0.25, 0.3) is 0 Å². The highest BCUT2D eigenvalue weighted by molar-refractivity contribution is 5.81.